The van der Waals surface area contributed by atoms with Crippen molar-refractivity contribution in [1.29, 1.82) is 0 Å². The molecule has 1 N–H and O–H groups in total. The van der Waals surface area contributed by atoms with E-state index in [4.69, 9.17) is 0 Å². The van der Waals surface area contributed by atoms with Crippen molar-refractivity contribution in [3.63, 3.8) is 0 Å². The molecule has 3 heteroatoms. The number of nitrogens with one attached hydrogen (secondary N) is 1. The highest BCUT2D eigenvalue weighted by atomic mass is 32.1. The maximum Gasteiger partial charge on any atom is 0.232 e. The minimum atomic E-state index is -0.00386. The second-order valence-corrected chi connectivity index (χ2v) is 2.01. The molecule has 0 aliphatic heterocycles. The Bertz CT molecular complexity index is 84.5. The number of hydrogen-bond donors (Lipinski definition) is 2. The number of carbonyl (C=O) groups excluding carboxylic acids is 1. The molecular formula is C5H11NOS. The molecule has 48 valence electrons. The summed E-state index contributed by atoms with van der Waals surface area (Å²) in [5.74, 6) is 0.0864. The summed E-state index contributed by atoms with van der Waals surface area (Å²) in [7, 11) is 0. The largest absolute Gasteiger partial charge is 0.303 e. The molecule has 0 aromatic carbocycles. The van der Waals surface area contributed by atoms with Gasteiger partial charge >= 0.3 is 0 Å². The fraction of sp³-hybridized carbons (Fsp3) is 0.800. The van der Waals surface area contributed by atoms with E-state index >= 15 is 0 Å². The topological polar surface area (TPSA) is 29.1 Å². The minimum absolute atomic E-state index is 0.00386. The first-order valence-corrected chi connectivity index (χ1v) is 3.11. The highest BCUT2D eigenvalue weighted by Crippen LogP contribution is 1.98. The van der Waals surface area contributed by atoms with Gasteiger partial charge in [0.2, 0.25) is 5.91 Å². The van der Waals surface area contributed by atoms with E-state index in [2.05, 4.69) is 17.5 Å². The zero-order valence-corrected chi connectivity index (χ0v) is 6.03. The van der Waals surface area contributed by atoms with Gasteiger partial charge in [0.1, 0.15) is 0 Å². The molecular weight excluding hydrogens is 122 g/mol. The number of rotatable bonds is 2. The van der Waals surface area contributed by atoms with Crippen molar-refractivity contribution in [2.45, 2.75) is 20.3 Å². The van der Waals surface area contributed by atoms with Gasteiger partial charge in [0.05, 0.1) is 0 Å². The fourth-order valence-corrected chi connectivity index (χ4v) is 0.516. The number of carbonyl (C=O) groups is 1. The first kappa shape index (κ1) is 7.82. The first-order valence-electron chi connectivity index (χ1n) is 2.66. The lowest BCUT2D eigenvalue weighted by Crippen LogP contribution is -2.20. The minimum Gasteiger partial charge on any atom is -0.303 e. The average molecular weight is 133 g/mol. The van der Waals surface area contributed by atoms with Crippen molar-refractivity contribution in [2.24, 2.45) is 5.92 Å². The Balaban J connectivity index is 3.46. The predicted octanol–water partition coefficient (Wildman–Crippen LogP) is 0.994. The van der Waals surface area contributed by atoms with E-state index in [-0.39, 0.29) is 11.8 Å². The van der Waals surface area contributed by atoms with Crippen LogP contribution in [0.15, 0.2) is 0 Å². The molecule has 0 radical (unpaired) electrons. The van der Waals surface area contributed by atoms with Gasteiger partial charge in [0.25, 0.3) is 0 Å². The lowest BCUT2D eigenvalue weighted by molar-refractivity contribution is -0.122. The van der Waals surface area contributed by atoms with Gasteiger partial charge in [-0.15, -0.1) is 0 Å². The SMILES string of the molecule is CC[C@@H](C)C(=O)NS. The summed E-state index contributed by atoms with van der Waals surface area (Å²) < 4.78 is 2.27. The maximum atomic E-state index is 10.6. The molecule has 0 aromatic heterocycles. The van der Waals surface area contributed by atoms with Crippen molar-refractivity contribution in [2.75, 3.05) is 0 Å². The van der Waals surface area contributed by atoms with Crippen LogP contribution >= 0.6 is 12.8 Å². The third-order valence-electron chi connectivity index (χ3n) is 1.17. The zero-order chi connectivity index (χ0) is 6.57. The van der Waals surface area contributed by atoms with Gasteiger partial charge in [-0.2, -0.15) is 0 Å². The Hall–Kier alpha value is -0.180. The van der Waals surface area contributed by atoms with Gasteiger partial charge < -0.3 is 4.72 Å². The smallest absolute Gasteiger partial charge is 0.232 e. The molecule has 0 aromatic rings. The van der Waals surface area contributed by atoms with Crippen molar-refractivity contribution >= 4 is 18.7 Å². The molecule has 0 rings (SSSR count). The second kappa shape index (κ2) is 3.78. The maximum absolute atomic E-state index is 10.6. The molecule has 1 atom stereocenters. The zero-order valence-electron chi connectivity index (χ0n) is 5.14. The summed E-state index contributed by atoms with van der Waals surface area (Å²) in [6, 6.07) is 0. The van der Waals surface area contributed by atoms with Crippen LogP contribution < -0.4 is 4.72 Å². The van der Waals surface area contributed by atoms with Crippen LogP contribution in [0.3, 0.4) is 0 Å². The molecule has 1 amide bonds. The summed E-state index contributed by atoms with van der Waals surface area (Å²) in [4.78, 5) is 10.6. The average Bonchev–Trinajstić information content (AvgIpc) is 1.84. The Morgan fingerprint density at radius 2 is 2.38 bits per heavy atom. The van der Waals surface area contributed by atoms with Crippen molar-refractivity contribution in [3.05, 3.63) is 0 Å². The van der Waals surface area contributed by atoms with Crippen LogP contribution in [0.2, 0.25) is 0 Å². The molecule has 0 spiro atoms. The molecule has 0 aliphatic rings. The van der Waals surface area contributed by atoms with Gasteiger partial charge in [-0.05, 0) is 6.42 Å². The number of thiol groups is 1. The van der Waals surface area contributed by atoms with Gasteiger partial charge in [-0.3, -0.25) is 4.79 Å². The van der Waals surface area contributed by atoms with Gasteiger partial charge in [0, 0.05) is 5.92 Å². The van der Waals surface area contributed by atoms with Gasteiger partial charge in [-0.25, -0.2) is 0 Å². The van der Waals surface area contributed by atoms with Crippen LogP contribution in [0.5, 0.6) is 0 Å². The summed E-state index contributed by atoms with van der Waals surface area (Å²) in [5.41, 5.74) is 0. The van der Waals surface area contributed by atoms with Crippen molar-refractivity contribution in [3.8, 4) is 0 Å². The van der Waals surface area contributed by atoms with Gasteiger partial charge in [-0.1, -0.05) is 26.7 Å². The van der Waals surface area contributed by atoms with Crippen LogP contribution in [0, 0.1) is 5.92 Å². The van der Waals surface area contributed by atoms with Gasteiger partial charge in [0.15, 0.2) is 0 Å². The Morgan fingerprint density at radius 3 is 2.50 bits per heavy atom. The van der Waals surface area contributed by atoms with E-state index in [1.165, 1.54) is 0 Å². The molecule has 0 fully saturated rings. The van der Waals surface area contributed by atoms with E-state index < -0.39 is 0 Å². The highest BCUT2D eigenvalue weighted by molar-refractivity contribution is 7.78. The van der Waals surface area contributed by atoms with Crippen LogP contribution in [0.4, 0.5) is 0 Å². The molecule has 0 unspecified atom stereocenters. The van der Waals surface area contributed by atoms with Crippen LogP contribution in [0.25, 0.3) is 0 Å². The predicted molar refractivity (Wildman–Crippen MR) is 36.6 cm³/mol. The fourth-order valence-electron chi connectivity index (χ4n) is 0.296. The standard InChI is InChI=1S/C5H11NOS/c1-3-4(2)5(7)6-8/h4,8H,3H2,1-2H3,(H,6,7)/t4-/m1/s1. The molecule has 0 aliphatic carbocycles. The van der Waals surface area contributed by atoms with E-state index in [0.717, 1.165) is 6.42 Å². The quantitative estimate of drug-likeness (QED) is 0.540. The van der Waals surface area contributed by atoms with E-state index in [0.29, 0.717) is 0 Å². The Morgan fingerprint density at radius 1 is 1.88 bits per heavy atom. The highest BCUT2D eigenvalue weighted by Gasteiger charge is 2.06. The summed E-state index contributed by atoms with van der Waals surface area (Å²) >= 11 is 3.61. The number of hydrogen-bond acceptors (Lipinski definition) is 2. The number of amides is 1. The monoisotopic (exact) mass is 133 g/mol. The van der Waals surface area contributed by atoms with Crippen molar-refractivity contribution < 1.29 is 4.79 Å². The van der Waals surface area contributed by atoms with E-state index in [1.807, 2.05) is 13.8 Å². The van der Waals surface area contributed by atoms with E-state index in [1.54, 1.807) is 0 Å². The normalized spacial score (nSPS) is 12.9. The van der Waals surface area contributed by atoms with Crippen LogP contribution in [0.1, 0.15) is 20.3 Å². The molecule has 2 nitrogen and oxygen atoms in total. The van der Waals surface area contributed by atoms with Crippen LogP contribution in [-0.2, 0) is 4.79 Å². The summed E-state index contributed by atoms with van der Waals surface area (Å²) in [5, 5.41) is 0. The van der Waals surface area contributed by atoms with Crippen LogP contribution in [-0.4, -0.2) is 5.91 Å². The third kappa shape index (κ3) is 2.21. The van der Waals surface area contributed by atoms with E-state index in [9.17, 15) is 4.79 Å². The van der Waals surface area contributed by atoms with Crippen molar-refractivity contribution in [1.82, 2.24) is 4.72 Å². The lowest BCUT2D eigenvalue weighted by atomic mass is 10.1. The Kier molecular flexibility index (Phi) is 3.69. The third-order valence-corrected chi connectivity index (χ3v) is 1.39. The second-order valence-electron chi connectivity index (χ2n) is 1.79. The summed E-state index contributed by atoms with van der Waals surface area (Å²) in [6.07, 6.45) is 0.867. The molecule has 0 heterocycles. The first-order chi connectivity index (χ1) is 3.72. The Labute approximate surface area is 55.2 Å². The summed E-state index contributed by atoms with van der Waals surface area (Å²) in [6.45, 7) is 3.83. The molecule has 0 saturated carbocycles. The molecule has 0 saturated heterocycles. The molecule has 8 heavy (non-hydrogen) atoms. The lowest BCUT2D eigenvalue weighted by Gasteiger charge is -2.02. The molecule has 0 bridgehead atoms.